The molecule has 3 rings (SSSR count). The molecule has 1 atom stereocenters. The summed E-state index contributed by atoms with van der Waals surface area (Å²) < 4.78 is 0. The van der Waals surface area contributed by atoms with Gasteiger partial charge in [-0.3, -0.25) is 0 Å². The Labute approximate surface area is 138 Å². The highest BCUT2D eigenvalue weighted by Gasteiger charge is 2.28. The van der Waals surface area contributed by atoms with Gasteiger partial charge in [-0.15, -0.1) is 6.42 Å². The number of rotatable bonds is 3. The summed E-state index contributed by atoms with van der Waals surface area (Å²) in [6.45, 7) is 5.29. The number of carbonyl (C=O) groups excluding carboxylic acids is 1. The van der Waals surface area contributed by atoms with Gasteiger partial charge in [-0.05, 0) is 56.5 Å². The fourth-order valence-electron chi connectivity index (χ4n) is 3.56. The van der Waals surface area contributed by atoms with Crippen molar-refractivity contribution in [2.24, 2.45) is 5.92 Å². The molecule has 2 amide bonds. The van der Waals surface area contributed by atoms with E-state index >= 15 is 0 Å². The summed E-state index contributed by atoms with van der Waals surface area (Å²) in [5.74, 6) is 3.20. The molecule has 0 spiro atoms. The molecular weight excluding hydrogens is 286 g/mol. The van der Waals surface area contributed by atoms with Gasteiger partial charge in [0, 0.05) is 30.9 Å². The van der Waals surface area contributed by atoms with Gasteiger partial charge in [0.25, 0.3) is 0 Å². The number of benzene rings is 1. The van der Waals surface area contributed by atoms with Crippen molar-refractivity contribution in [3.8, 4) is 12.3 Å². The van der Waals surface area contributed by atoms with Crippen LogP contribution in [0.15, 0.2) is 24.3 Å². The summed E-state index contributed by atoms with van der Waals surface area (Å²) in [4.78, 5) is 16.9. The maximum Gasteiger partial charge on any atom is 0.321 e. The summed E-state index contributed by atoms with van der Waals surface area (Å²) in [5, 5.41) is 2.96. The van der Waals surface area contributed by atoms with Crippen LogP contribution in [0.2, 0.25) is 0 Å². The standard InChI is InChI=1S/C19H25N3O/c1-2-16-7-6-8-18(13-16)20-19(23)22-12-9-17(15-22)14-21-10-4-3-5-11-21/h1,6-8,13,17H,3-5,9-12,14-15H2,(H,20,23). The third-order valence-electron chi connectivity index (χ3n) is 4.82. The molecule has 23 heavy (non-hydrogen) atoms. The van der Waals surface area contributed by atoms with E-state index in [4.69, 9.17) is 6.42 Å². The van der Waals surface area contributed by atoms with Gasteiger partial charge in [0.05, 0.1) is 0 Å². The first-order chi connectivity index (χ1) is 11.2. The minimum atomic E-state index is -0.0136. The van der Waals surface area contributed by atoms with Gasteiger partial charge < -0.3 is 15.1 Å². The lowest BCUT2D eigenvalue weighted by Gasteiger charge is -2.29. The van der Waals surface area contributed by atoms with Crippen molar-refractivity contribution in [1.29, 1.82) is 0 Å². The third kappa shape index (κ3) is 4.27. The van der Waals surface area contributed by atoms with E-state index < -0.39 is 0 Å². The molecule has 0 radical (unpaired) electrons. The molecule has 0 aromatic heterocycles. The summed E-state index contributed by atoms with van der Waals surface area (Å²) in [5.41, 5.74) is 1.55. The smallest absolute Gasteiger partial charge is 0.321 e. The van der Waals surface area contributed by atoms with Crippen LogP contribution in [-0.2, 0) is 0 Å². The molecule has 1 unspecified atom stereocenters. The Morgan fingerprint density at radius 2 is 2.09 bits per heavy atom. The van der Waals surface area contributed by atoms with Crippen LogP contribution in [0.1, 0.15) is 31.2 Å². The molecule has 4 heteroatoms. The van der Waals surface area contributed by atoms with E-state index in [1.54, 1.807) is 0 Å². The zero-order valence-electron chi connectivity index (χ0n) is 13.6. The second-order valence-corrected chi connectivity index (χ2v) is 6.62. The van der Waals surface area contributed by atoms with Crippen LogP contribution in [0.5, 0.6) is 0 Å². The Kier molecular flexibility index (Phi) is 5.19. The van der Waals surface area contributed by atoms with Crippen molar-refractivity contribution in [3.05, 3.63) is 29.8 Å². The minimum absolute atomic E-state index is 0.0136. The number of terminal acetylenes is 1. The second-order valence-electron chi connectivity index (χ2n) is 6.62. The van der Waals surface area contributed by atoms with Crippen molar-refractivity contribution < 1.29 is 4.79 Å². The lowest BCUT2D eigenvalue weighted by molar-refractivity contribution is 0.192. The van der Waals surface area contributed by atoms with E-state index in [-0.39, 0.29) is 6.03 Å². The fraction of sp³-hybridized carbons (Fsp3) is 0.526. The third-order valence-corrected chi connectivity index (χ3v) is 4.82. The summed E-state index contributed by atoms with van der Waals surface area (Å²) in [7, 11) is 0. The number of nitrogens with one attached hydrogen (secondary N) is 1. The van der Waals surface area contributed by atoms with Crippen molar-refractivity contribution in [2.75, 3.05) is 38.0 Å². The average molecular weight is 311 g/mol. The average Bonchev–Trinajstić information content (AvgIpc) is 3.04. The van der Waals surface area contributed by atoms with E-state index in [1.165, 1.54) is 32.4 Å². The quantitative estimate of drug-likeness (QED) is 0.871. The van der Waals surface area contributed by atoms with Crippen molar-refractivity contribution in [2.45, 2.75) is 25.7 Å². The number of hydrogen-bond donors (Lipinski definition) is 1. The fourth-order valence-corrected chi connectivity index (χ4v) is 3.56. The van der Waals surface area contributed by atoms with Crippen LogP contribution < -0.4 is 5.32 Å². The van der Waals surface area contributed by atoms with Crippen molar-refractivity contribution in [1.82, 2.24) is 9.80 Å². The number of amides is 2. The summed E-state index contributed by atoms with van der Waals surface area (Å²) >= 11 is 0. The molecule has 0 bridgehead atoms. The lowest BCUT2D eigenvalue weighted by atomic mass is 10.1. The summed E-state index contributed by atoms with van der Waals surface area (Å²) in [6.07, 6.45) is 10.5. The minimum Gasteiger partial charge on any atom is -0.324 e. The Morgan fingerprint density at radius 1 is 1.26 bits per heavy atom. The first-order valence-corrected chi connectivity index (χ1v) is 8.59. The van der Waals surface area contributed by atoms with E-state index in [9.17, 15) is 4.79 Å². The van der Waals surface area contributed by atoms with Crippen LogP contribution in [-0.4, -0.2) is 48.6 Å². The van der Waals surface area contributed by atoms with Gasteiger partial charge in [-0.2, -0.15) is 0 Å². The van der Waals surface area contributed by atoms with Gasteiger partial charge in [-0.25, -0.2) is 4.79 Å². The highest BCUT2D eigenvalue weighted by molar-refractivity contribution is 5.89. The molecule has 2 fully saturated rings. The second kappa shape index (κ2) is 7.52. The molecule has 2 heterocycles. The molecule has 122 valence electrons. The van der Waals surface area contributed by atoms with Crippen LogP contribution in [0.25, 0.3) is 0 Å². The molecular formula is C19H25N3O. The largest absolute Gasteiger partial charge is 0.324 e. The molecule has 1 aromatic rings. The highest BCUT2D eigenvalue weighted by atomic mass is 16.2. The molecule has 1 N–H and O–H groups in total. The highest BCUT2D eigenvalue weighted by Crippen LogP contribution is 2.21. The van der Waals surface area contributed by atoms with Crippen LogP contribution >= 0.6 is 0 Å². The topological polar surface area (TPSA) is 35.6 Å². The number of anilines is 1. The van der Waals surface area contributed by atoms with Crippen molar-refractivity contribution >= 4 is 11.7 Å². The predicted molar refractivity (Wildman–Crippen MR) is 93.4 cm³/mol. The molecule has 2 aliphatic rings. The summed E-state index contributed by atoms with van der Waals surface area (Å²) in [6, 6.07) is 7.42. The van der Waals surface area contributed by atoms with E-state index in [1.807, 2.05) is 29.2 Å². The monoisotopic (exact) mass is 311 g/mol. The molecule has 2 saturated heterocycles. The molecule has 4 nitrogen and oxygen atoms in total. The SMILES string of the molecule is C#Cc1cccc(NC(=O)N2CCC(CN3CCCCC3)C2)c1. The van der Waals surface area contributed by atoms with Crippen molar-refractivity contribution in [3.63, 3.8) is 0 Å². The zero-order chi connectivity index (χ0) is 16.1. The first kappa shape index (κ1) is 15.9. The number of likely N-dealkylation sites (tertiary alicyclic amines) is 2. The number of urea groups is 1. The Morgan fingerprint density at radius 3 is 2.87 bits per heavy atom. The number of carbonyl (C=O) groups is 1. The Balaban J connectivity index is 1.49. The van der Waals surface area contributed by atoms with E-state index in [2.05, 4.69) is 16.1 Å². The normalized spacial score (nSPS) is 21.9. The van der Waals surface area contributed by atoms with Gasteiger partial charge in [-0.1, -0.05) is 18.4 Å². The number of hydrogen-bond acceptors (Lipinski definition) is 2. The van der Waals surface area contributed by atoms with Crippen LogP contribution in [0, 0.1) is 18.3 Å². The van der Waals surface area contributed by atoms with Crippen LogP contribution in [0.4, 0.5) is 10.5 Å². The van der Waals surface area contributed by atoms with Crippen LogP contribution in [0.3, 0.4) is 0 Å². The molecule has 0 saturated carbocycles. The van der Waals surface area contributed by atoms with Gasteiger partial charge in [0.1, 0.15) is 0 Å². The van der Waals surface area contributed by atoms with E-state index in [0.29, 0.717) is 5.92 Å². The molecule has 0 aliphatic carbocycles. The number of nitrogens with zero attached hydrogens (tertiary/aromatic N) is 2. The lowest BCUT2D eigenvalue weighted by Crippen LogP contribution is -2.37. The zero-order valence-corrected chi connectivity index (χ0v) is 13.6. The first-order valence-electron chi connectivity index (χ1n) is 8.59. The predicted octanol–water partition coefficient (Wildman–Crippen LogP) is 3.01. The molecule has 2 aliphatic heterocycles. The van der Waals surface area contributed by atoms with Gasteiger partial charge in [0.2, 0.25) is 0 Å². The van der Waals surface area contributed by atoms with E-state index in [0.717, 1.165) is 37.3 Å². The Hall–Kier alpha value is -1.99. The van der Waals surface area contributed by atoms with Gasteiger partial charge >= 0.3 is 6.03 Å². The molecule has 1 aromatic carbocycles. The van der Waals surface area contributed by atoms with Gasteiger partial charge in [0.15, 0.2) is 0 Å². The number of piperidine rings is 1. The Bertz CT molecular complexity index is 587. The maximum absolute atomic E-state index is 12.4. The maximum atomic E-state index is 12.4.